The zero-order valence-corrected chi connectivity index (χ0v) is 22.4. The highest BCUT2D eigenvalue weighted by Crippen LogP contribution is 2.39. The molecule has 2 atom stereocenters. The molecule has 2 aromatic carbocycles. The molecule has 1 N–H and O–H groups in total. The molecule has 0 bridgehead atoms. The van der Waals surface area contributed by atoms with Crippen LogP contribution in [0.25, 0.3) is 11.1 Å². The van der Waals surface area contributed by atoms with E-state index in [9.17, 15) is 19.2 Å². The van der Waals surface area contributed by atoms with Gasteiger partial charge in [-0.25, -0.2) is 13.6 Å². The molecule has 2 amide bonds. The molecule has 4 rings (SSSR count). The van der Waals surface area contributed by atoms with Gasteiger partial charge in [-0.3, -0.25) is 4.79 Å². The molecule has 1 saturated heterocycles. The summed E-state index contributed by atoms with van der Waals surface area (Å²) in [6, 6.07) is 8.95. The van der Waals surface area contributed by atoms with Crippen molar-refractivity contribution in [3.05, 3.63) is 53.1 Å². The van der Waals surface area contributed by atoms with Crippen molar-refractivity contribution in [3.63, 3.8) is 0 Å². The van der Waals surface area contributed by atoms with E-state index in [1.54, 1.807) is 26.8 Å². The van der Waals surface area contributed by atoms with Crippen LogP contribution in [0.15, 0.2) is 30.3 Å². The minimum Gasteiger partial charge on any atom is -0.488 e. The monoisotopic (exact) mass is 540 g/mol. The van der Waals surface area contributed by atoms with E-state index in [2.05, 4.69) is 15.6 Å². The fourth-order valence-electron chi connectivity index (χ4n) is 4.33. The summed E-state index contributed by atoms with van der Waals surface area (Å²) in [5, 5.41) is 10.8. The van der Waals surface area contributed by atoms with E-state index in [1.165, 1.54) is 29.2 Å². The Morgan fingerprint density at radius 3 is 2.71 bits per heavy atom. The molecule has 11 heteroatoms. The molecule has 2 aliphatic rings. The largest absolute Gasteiger partial charge is 0.488 e. The topological polar surface area (TPSA) is 101 Å². The summed E-state index contributed by atoms with van der Waals surface area (Å²) in [5.41, 5.74) is 1.17. The number of hydrogen-bond donors (Lipinski definition) is 1. The van der Waals surface area contributed by atoms with Crippen LogP contribution in [-0.4, -0.2) is 63.7 Å². The second kappa shape index (κ2) is 10.7. The lowest BCUT2D eigenvalue weighted by molar-refractivity contribution is -0.133. The van der Waals surface area contributed by atoms with Crippen LogP contribution in [0.2, 0.25) is 0 Å². The third kappa shape index (κ3) is 6.31. The first-order chi connectivity index (χ1) is 17.9. The van der Waals surface area contributed by atoms with Gasteiger partial charge in [0, 0.05) is 30.7 Å². The van der Waals surface area contributed by atoms with Crippen molar-refractivity contribution < 1.29 is 32.6 Å². The number of halogens is 2. The highest BCUT2D eigenvalue weighted by molar-refractivity contribution is 6.19. The summed E-state index contributed by atoms with van der Waals surface area (Å²) in [5.74, 6) is -1.27. The molecule has 2 aliphatic heterocycles. The first-order valence-electron chi connectivity index (χ1n) is 12.2. The maximum Gasteiger partial charge on any atom is 0.410 e. The Labute approximate surface area is 223 Å². The summed E-state index contributed by atoms with van der Waals surface area (Å²) in [7, 11) is 3.32. The molecule has 0 spiro atoms. The molecule has 38 heavy (non-hydrogen) atoms. The molecule has 2 heterocycles. The lowest BCUT2D eigenvalue weighted by Gasteiger charge is -2.30. The van der Waals surface area contributed by atoms with Crippen molar-refractivity contribution in [2.45, 2.75) is 57.1 Å². The van der Waals surface area contributed by atoms with Crippen LogP contribution < -0.4 is 10.1 Å². The molecular weight excluding hydrogens is 512 g/mol. The second-order valence-electron chi connectivity index (χ2n) is 10.4. The van der Waals surface area contributed by atoms with Crippen molar-refractivity contribution >= 4 is 22.2 Å². The molecule has 8 nitrogen and oxygen atoms in total. The van der Waals surface area contributed by atoms with E-state index < -0.39 is 40.5 Å². The van der Waals surface area contributed by atoms with Crippen molar-refractivity contribution in [1.82, 2.24) is 10.2 Å². The third-order valence-electron chi connectivity index (χ3n) is 6.09. The van der Waals surface area contributed by atoms with Gasteiger partial charge >= 0.3 is 6.09 Å². The molecule has 199 valence electrons. The zero-order valence-electron chi connectivity index (χ0n) is 21.4. The number of fused-ring (bicyclic) bond motifs is 3. The van der Waals surface area contributed by atoms with Gasteiger partial charge in [-0.05, 0) is 62.6 Å². The van der Waals surface area contributed by atoms with Gasteiger partial charge in [0.15, 0.2) is 6.10 Å². The highest BCUT2D eigenvalue weighted by atomic mass is 28.1. The highest BCUT2D eigenvalue weighted by Gasteiger charge is 2.35. The smallest absolute Gasteiger partial charge is 0.410 e. The molecule has 0 saturated carbocycles. The van der Waals surface area contributed by atoms with E-state index in [4.69, 9.17) is 14.2 Å². The molecular formula is C27H28F2N3O5Si. The molecule has 0 aromatic heterocycles. The minimum atomic E-state index is -1.67. The third-order valence-corrected chi connectivity index (χ3v) is 6.51. The van der Waals surface area contributed by atoms with Gasteiger partial charge in [0.25, 0.3) is 5.91 Å². The fourth-order valence-corrected chi connectivity index (χ4v) is 4.64. The van der Waals surface area contributed by atoms with Crippen LogP contribution in [0.4, 0.5) is 13.6 Å². The van der Waals surface area contributed by atoms with Crippen LogP contribution in [0.5, 0.6) is 5.75 Å². The quantitative estimate of drug-likeness (QED) is 0.595. The SMILES string of the molecule is CC(C)(C)OC(=O)N1CCCO[C@H](C(=O)N[C@@]([Si])(C#N)Cc2cc3c(cc2F)-c2ccc(F)cc2CO3)C1. The van der Waals surface area contributed by atoms with E-state index in [0.717, 1.165) is 0 Å². The predicted molar refractivity (Wildman–Crippen MR) is 134 cm³/mol. The number of nitriles is 1. The lowest BCUT2D eigenvalue weighted by Crippen LogP contribution is -2.55. The Morgan fingerprint density at radius 1 is 1.24 bits per heavy atom. The number of rotatable bonds is 4. The van der Waals surface area contributed by atoms with Crippen molar-refractivity contribution in [2.75, 3.05) is 19.7 Å². The Kier molecular flexibility index (Phi) is 7.76. The maximum absolute atomic E-state index is 15.2. The summed E-state index contributed by atoms with van der Waals surface area (Å²) in [6.07, 6.45) is -1.34. The molecule has 0 aliphatic carbocycles. The van der Waals surface area contributed by atoms with Crippen molar-refractivity contribution in [1.29, 1.82) is 5.26 Å². The summed E-state index contributed by atoms with van der Waals surface area (Å²) in [6.45, 7) is 5.89. The summed E-state index contributed by atoms with van der Waals surface area (Å²) >= 11 is 0. The number of ether oxygens (including phenoxy) is 3. The number of hydrogen-bond acceptors (Lipinski definition) is 6. The van der Waals surface area contributed by atoms with Crippen LogP contribution in [0.1, 0.15) is 38.3 Å². The average molecular weight is 541 g/mol. The standard InChI is InChI=1S/C27H28F2N3O5Si/c1-26(2,3)37-25(34)32-7-4-8-35-23(13-32)24(33)31-27(38,15-30)12-16-10-22-20(11-21(16)29)19-6-5-18(28)9-17(19)14-36-22/h5-6,9-11,23H,4,7-8,12-14H2,1-3H3,(H,31,33)/t23-,27-/m0/s1. The van der Waals surface area contributed by atoms with Gasteiger partial charge in [-0.1, -0.05) is 6.07 Å². The number of benzene rings is 2. The Hall–Kier alpha value is -3.49. The van der Waals surface area contributed by atoms with Gasteiger partial charge in [0.2, 0.25) is 0 Å². The maximum atomic E-state index is 15.2. The fraction of sp³-hybridized carbons (Fsp3) is 0.444. The number of nitrogens with zero attached hydrogens (tertiary/aromatic N) is 2. The van der Waals surface area contributed by atoms with Gasteiger partial charge in [0.05, 0.1) is 22.9 Å². The molecule has 3 radical (unpaired) electrons. The predicted octanol–water partition coefficient (Wildman–Crippen LogP) is 3.60. The summed E-state index contributed by atoms with van der Waals surface area (Å²) in [4.78, 5) is 27.1. The lowest BCUT2D eigenvalue weighted by atomic mass is 9.94. The number of nitrogens with one attached hydrogen (secondary N) is 1. The van der Waals surface area contributed by atoms with E-state index >= 15 is 4.39 Å². The second-order valence-corrected chi connectivity index (χ2v) is 11.2. The Balaban J connectivity index is 1.49. The van der Waals surface area contributed by atoms with Gasteiger partial charge in [-0.15, -0.1) is 0 Å². The number of amides is 2. The van der Waals surface area contributed by atoms with Crippen LogP contribution >= 0.6 is 0 Å². The molecule has 0 unspecified atom stereocenters. The van der Waals surface area contributed by atoms with Crippen molar-refractivity contribution in [3.8, 4) is 22.9 Å². The van der Waals surface area contributed by atoms with Gasteiger partial charge in [-0.2, -0.15) is 5.26 Å². The Morgan fingerprint density at radius 2 is 2.00 bits per heavy atom. The normalized spacial score (nSPS) is 18.6. The van der Waals surface area contributed by atoms with Crippen LogP contribution in [0, 0.1) is 23.0 Å². The number of carbonyl (C=O) groups excluding carboxylic acids is 2. The van der Waals surface area contributed by atoms with E-state index in [0.29, 0.717) is 35.4 Å². The Bertz CT molecular complexity index is 1290. The number of carbonyl (C=O) groups is 2. The van der Waals surface area contributed by atoms with E-state index in [-0.39, 0.29) is 31.7 Å². The first kappa shape index (κ1) is 27.5. The zero-order chi connectivity index (χ0) is 27.7. The molecule has 1 fully saturated rings. The summed E-state index contributed by atoms with van der Waals surface area (Å²) < 4.78 is 45.5. The van der Waals surface area contributed by atoms with Gasteiger partial charge < -0.3 is 24.4 Å². The van der Waals surface area contributed by atoms with Gasteiger partial charge in [0.1, 0.15) is 34.8 Å². The molecule has 2 aromatic rings. The minimum absolute atomic E-state index is 0.0600. The van der Waals surface area contributed by atoms with Crippen LogP contribution in [-0.2, 0) is 27.3 Å². The van der Waals surface area contributed by atoms with E-state index in [1.807, 2.05) is 6.07 Å². The average Bonchev–Trinajstić information content (AvgIpc) is 3.10. The first-order valence-corrected chi connectivity index (χ1v) is 12.7. The van der Waals surface area contributed by atoms with Crippen molar-refractivity contribution in [2.24, 2.45) is 0 Å². The van der Waals surface area contributed by atoms with Crippen LogP contribution in [0.3, 0.4) is 0 Å².